The number of fused-ring (bicyclic) bond motifs is 3. The van der Waals surface area contributed by atoms with Crippen LogP contribution in [0.5, 0.6) is 0 Å². The fourth-order valence-electron chi connectivity index (χ4n) is 3.07. The molecule has 19 heavy (non-hydrogen) atoms. The van der Waals surface area contributed by atoms with Crippen LogP contribution in [0.15, 0.2) is 24.3 Å². The van der Waals surface area contributed by atoms with E-state index in [4.69, 9.17) is 4.74 Å². The smallest absolute Gasteiger partial charge is 0.133 e. The first-order valence-corrected chi connectivity index (χ1v) is 6.88. The van der Waals surface area contributed by atoms with Gasteiger partial charge in [0.1, 0.15) is 5.78 Å². The second kappa shape index (κ2) is 4.82. The van der Waals surface area contributed by atoms with Crippen LogP contribution in [-0.4, -0.2) is 17.0 Å². The lowest BCUT2D eigenvalue weighted by atomic mass is 9.90. The van der Waals surface area contributed by atoms with Crippen molar-refractivity contribution >= 4 is 16.7 Å². The predicted molar refractivity (Wildman–Crippen MR) is 75.2 cm³/mol. The van der Waals surface area contributed by atoms with Crippen molar-refractivity contribution in [3.8, 4) is 0 Å². The Morgan fingerprint density at radius 1 is 1.42 bits per heavy atom. The highest BCUT2D eigenvalue weighted by Crippen LogP contribution is 2.37. The molecule has 1 atom stereocenters. The Morgan fingerprint density at radius 2 is 2.21 bits per heavy atom. The highest BCUT2D eigenvalue weighted by Gasteiger charge is 2.28. The second-order valence-electron chi connectivity index (χ2n) is 5.24. The minimum atomic E-state index is 0.210. The second-order valence-corrected chi connectivity index (χ2v) is 5.24. The van der Waals surface area contributed by atoms with E-state index in [0.29, 0.717) is 31.8 Å². The molecule has 0 fully saturated rings. The molecule has 2 heterocycles. The molecule has 3 rings (SSSR count). The van der Waals surface area contributed by atoms with Crippen molar-refractivity contribution in [3.05, 3.63) is 35.5 Å². The largest absolute Gasteiger partial charge is 0.375 e. The fraction of sp³-hybridized carbons (Fsp3) is 0.438. The number of benzene rings is 1. The Balaban J connectivity index is 2.12. The summed E-state index contributed by atoms with van der Waals surface area (Å²) in [5.74, 6) is 0.525. The zero-order valence-corrected chi connectivity index (χ0v) is 11.5. The summed E-state index contributed by atoms with van der Waals surface area (Å²) < 4.78 is 7.89. The SMILES string of the molecule is CCC(=O)C[C@@H]1COCc2c1c1ccccc1n2C. The number of hydrogen-bond acceptors (Lipinski definition) is 2. The summed E-state index contributed by atoms with van der Waals surface area (Å²) in [6.07, 6.45) is 1.20. The Kier molecular flexibility index (Phi) is 3.15. The van der Waals surface area contributed by atoms with Crippen molar-refractivity contribution in [2.24, 2.45) is 7.05 Å². The molecule has 2 aromatic rings. The average molecular weight is 257 g/mol. The summed E-state index contributed by atoms with van der Waals surface area (Å²) in [4.78, 5) is 11.8. The van der Waals surface area contributed by atoms with Gasteiger partial charge >= 0.3 is 0 Å². The van der Waals surface area contributed by atoms with Gasteiger partial charge in [-0.15, -0.1) is 0 Å². The van der Waals surface area contributed by atoms with Gasteiger partial charge in [-0.2, -0.15) is 0 Å². The number of nitrogens with zero attached hydrogens (tertiary/aromatic N) is 1. The van der Waals surface area contributed by atoms with E-state index in [2.05, 4.69) is 35.9 Å². The van der Waals surface area contributed by atoms with Crippen LogP contribution in [0.2, 0.25) is 0 Å². The van der Waals surface area contributed by atoms with E-state index in [1.165, 1.54) is 22.2 Å². The van der Waals surface area contributed by atoms with Gasteiger partial charge in [0, 0.05) is 42.4 Å². The van der Waals surface area contributed by atoms with Crippen LogP contribution in [0.25, 0.3) is 10.9 Å². The first kappa shape index (κ1) is 12.4. The molecule has 3 heteroatoms. The Hall–Kier alpha value is -1.61. The molecule has 0 amide bonds. The van der Waals surface area contributed by atoms with Crippen molar-refractivity contribution in [3.63, 3.8) is 0 Å². The number of rotatable bonds is 3. The molecule has 0 N–H and O–H groups in total. The summed E-state index contributed by atoms with van der Waals surface area (Å²) in [6.45, 7) is 3.24. The van der Waals surface area contributed by atoms with Crippen molar-refractivity contribution in [1.82, 2.24) is 4.57 Å². The lowest BCUT2D eigenvalue weighted by Gasteiger charge is -2.23. The van der Waals surface area contributed by atoms with Gasteiger partial charge in [-0.3, -0.25) is 4.79 Å². The van der Waals surface area contributed by atoms with Gasteiger partial charge in [-0.1, -0.05) is 25.1 Å². The van der Waals surface area contributed by atoms with E-state index in [1.807, 2.05) is 6.92 Å². The van der Waals surface area contributed by atoms with E-state index in [9.17, 15) is 4.79 Å². The number of carbonyl (C=O) groups excluding carboxylic acids is 1. The molecule has 3 nitrogen and oxygen atoms in total. The van der Waals surface area contributed by atoms with E-state index in [0.717, 1.165) is 0 Å². The van der Waals surface area contributed by atoms with E-state index < -0.39 is 0 Å². The quantitative estimate of drug-likeness (QED) is 0.845. The zero-order chi connectivity index (χ0) is 13.4. The number of carbonyl (C=O) groups is 1. The Morgan fingerprint density at radius 3 is 3.00 bits per heavy atom. The van der Waals surface area contributed by atoms with Gasteiger partial charge in [0.15, 0.2) is 0 Å². The molecule has 1 aliphatic heterocycles. The van der Waals surface area contributed by atoms with Crippen molar-refractivity contribution in [2.75, 3.05) is 6.61 Å². The number of para-hydroxylation sites is 1. The lowest BCUT2D eigenvalue weighted by molar-refractivity contribution is -0.119. The van der Waals surface area contributed by atoms with E-state index >= 15 is 0 Å². The lowest BCUT2D eigenvalue weighted by Crippen LogP contribution is -2.20. The molecule has 0 unspecified atom stereocenters. The maximum absolute atomic E-state index is 11.8. The molecule has 1 aromatic carbocycles. The van der Waals surface area contributed by atoms with Crippen molar-refractivity contribution in [1.29, 1.82) is 0 Å². The summed E-state index contributed by atoms with van der Waals surface area (Å²) in [5.41, 5.74) is 3.78. The normalized spacial score (nSPS) is 18.5. The van der Waals surface area contributed by atoms with Gasteiger partial charge < -0.3 is 9.30 Å². The highest BCUT2D eigenvalue weighted by molar-refractivity contribution is 5.87. The molecule has 0 bridgehead atoms. The predicted octanol–water partition coefficient (Wildman–Crippen LogP) is 3.16. The van der Waals surface area contributed by atoms with Crippen LogP contribution < -0.4 is 0 Å². The minimum absolute atomic E-state index is 0.210. The maximum Gasteiger partial charge on any atom is 0.133 e. The number of ether oxygens (including phenoxy) is 1. The van der Waals surface area contributed by atoms with Gasteiger partial charge in [0.25, 0.3) is 0 Å². The third-order valence-corrected chi connectivity index (χ3v) is 4.11. The third-order valence-electron chi connectivity index (χ3n) is 4.11. The average Bonchev–Trinajstić information content (AvgIpc) is 2.74. The van der Waals surface area contributed by atoms with Crippen LogP contribution in [-0.2, 0) is 23.2 Å². The fourth-order valence-corrected chi connectivity index (χ4v) is 3.07. The first-order valence-electron chi connectivity index (χ1n) is 6.88. The van der Waals surface area contributed by atoms with Gasteiger partial charge in [-0.25, -0.2) is 0 Å². The van der Waals surface area contributed by atoms with Crippen LogP contribution in [0.4, 0.5) is 0 Å². The molecule has 0 saturated carbocycles. The first-order chi connectivity index (χ1) is 9.22. The molecular weight excluding hydrogens is 238 g/mol. The van der Waals surface area contributed by atoms with Crippen LogP contribution in [0.1, 0.15) is 36.9 Å². The maximum atomic E-state index is 11.8. The van der Waals surface area contributed by atoms with E-state index in [-0.39, 0.29) is 5.92 Å². The molecule has 1 aromatic heterocycles. The molecule has 100 valence electrons. The van der Waals surface area contributed by atoms with Crippen molar-refractivity contribution in [2.45, 2.75) is 32.3 Å². The van der Waals surface area contributed by atoms with Crippen LogP contribution in [0, 0.1) is 0 Å². The van der Waals surface area contributed by atoms with Crippen LogP contribution in [0.3, 0.4) is 0 Å². The standard InChI is InChI=1S/C16H19NO2/c1-3-12(18)8-11-9-19-10-15-16(11)13-6-4-5-7-14(13)17(15)2/h4-7,11H,3,8-10H2,1-2H3/t11-/m1/s1. The molecule has 0 radical (unpaired) electrons. The number of hydrogen-bond donors (Lipinski definition) is 0. The number of aryl methyl sites for hydroxylation is 1. The molecule has 1 aliphatic rings. The van der Waals surface area contributed by atoms with Gasteiger partial charge in [0.2, 0.25) is 0 Å². The topological polar surface area (TPSA) is 31.2 Å². The number of ketones is 1. The summed E-state index contributed by atoms with van der Waals surface area (Å²) >= 11 is 0. The highest BCUT2D eigenvalue weighted by atomic mass is 16.5. The number of Topliss-reactive ketones (excluding diaryl/α,β-unsaturated/α-hetero) is 1. The molecule has 0 saturated heterocycles. The molecule has 0 spiro atoms. The van der Waals surface area contributed by atoms with Gasteiger partial charge in [0.05, 0.1) is 13.2 Å². The summed E-state index contributed by atoms with van der Waals surface area (Å²) in [7, 11) is 2.08. The van der Waals surface area contributed by atoms with Crippen LogP contribution >= 0.6 is 0 Å². The Labute approximate surface area is 113 Å². The van der Waals surface area contributed by atoms with Crippen molar-refractivity contribution < 1.29 is 9.53 Å². The zero-order valence-electron chi connectivity index (χ0n) is 11.5. The molecular formula is C16H19NO2. The minimum Gasteiger partial charge on any atom is -0.375 e. The Bertz CT molecular complexity index is 627. The summed E-state index contributed by atoms with van der Waals surface area (Å²) in [6, 6.07) is 8.41. The summed E-state index contributed by atoms with van der Waals surface area (Å²) in [5, 5.41) is 1.28. The number of aromatic nitrogens is 1. The third kappa shape index (κ3) is 1.98. The van der Waals surface area contributed by atoms with Gasteiger partial charge in [-0.05, 0) is 11.6 Å². The van der Waals surface area contributed by atoms with E-state index in [1.54, 1.807) is 0 Å². The molecule has 0 aliphatic carbocycles. The monoisotopic (exact) mass is 257 g/mol.